The van der Waals surface area contributed by atoms with Gasteiger partial charge in [0.05, 0.1) is 0 Å². The molecule has 0 aliphatic rings. The van der Waals surface area contributed by atoms with Crippen molar-refractivity contribution in [3.05, 3.63) is 35.7 Å². The largest absolute Gasteiger partial charge is 0.350 e. The molecule has 1 N–H and O–H groups in total. The Hall–Kier alpha value is -1.62. The van der Waals surface area contributed by atoms with Crippen LogP contribution in [0.5, 0.6) is 0 Å². The average Bonchev–Trinajstić information content (AvgIpc) is 2.95. The number of rotatable bonds is 7. The lowest BCUT2D eigenvalue weighted by Crippen LogP contribution is -2.19. The summed E-state index contributed by atoms with van der Waals surface area (Å²) in [5, 5.41) is 7.27. The lowest BCUT2D eigenvalue weighted by Gasteiger charge is -2.08. The fraction of sp³-hybridized carbons (Fsp3) is 0.538. The smallest absolute Gasteiger partial charge is 0.223 e. The quantitative estimate of drug-likeness (QED) is 0.761. The highest BCUT2D eigenvalue weighted by atomic mass is 16.5. The van der Waals surface area contributed by atoms with Gasteiger partial charge in [0.25, 0.3) is 0 Å². The van der Waals surface area contributed by atoms with E-state index in [-0.39, 0.29) is 0 Å². The van der Waals surface area contributed by atoms with Gasteiger partial charge in [0.2, 0.25) is 5.89 Å². The monoisotopic (exact) mass is 248 g/mol. The number of hydrogen-bond donors (Lipinski definition) is 1. The third-order valence-corrected chi connectivity index (χ3v) is 2.79. The summed E-state index contributed by atoms with van der Waals surface area (Å²) in [7, 11) is 0. The van der Waals surface area contributed by atoms with Crippen LogP contribution in [0.3, 0.4) is 0 Å². The standard InChI is InChI=1S/C13H20N4O/c1-3-8-17-9-4-5-12(17)10-14-7-6-13-15-11(2)18-16-13/h4-5,9,14H,3,6-8,10H2,1-2H3. The van der Waals surface area contributed by atoms with Gasteiger partial charge >= 0.3 is 0 Å². The van der Waals surface area contributed by atoms with Crippen LogP contribution in [-0.4, -0.2) is 21.3 Å². The van der Waals surface area contributed by atoms with Crippen molar-refractivity contribution in [3.8, 4) is 0 Å². The molecule has 0 aliphatic carbocycles. The van der Waals surface area contributed by atoms with E-state index in [2.05, 4.69) is 45.3 Å². The summed E-state index contributed by atoms with van der Waals surface area (Å²) in [5.74, 6) is 1.39. The van der Waals surface area contributed by atoms with Gasteiger partial charge in [-0.3, -0.25) is 0 Å². The summed E-state index contributed by atoms with van der Waals surface area (Å²) >= 11 is 0. The molecule has 2 aromatic heterocycles. The van der Waals surface area contributed by atoms with Crippen molar-refractivity contribution in [2.75, 3.05) is 6.54 Å². The van der Waals surface area contributed by atoms with Gasteiger partial charge in [-0.2, -0.15) is 4.98 Å². The third kappa shape index (κ3) is 3.43. The molecule has 0 unspecified atom stereocenters. The minimum atomic E-state index is 0.627. The first-order valence-corrected chi connectivity index (χ1v) is 6.43. The molecular formula is C13H20N4O. The molecule has 2 heterocycles. The van der Waals surface area contributed by atoms with E-state index in [0.717, 1.165) is 38.3 Å². The minimum Gasteiger partial charge on any atom is -0.350 e. The van der Waals surface area contributed by atoms with E-state index < -0.39 is 0 Å². The van der Waals surface area contributed by atoms with Gasteiger partial charge in [-0.15, -0.1) is 0 Å². The van der Waals surface area contributed by atoms with Crippen LogP contribution in [0.15, 0.2) is 22.9 Å². The predicted molar refractivity (Wildman–Crippen MR) is 69.2 cm³/mol. The maximum Gasteiger partial charge on any atom is 0.223 e. The minimum absolute atomic E-state index is 0.627. The van der Waals surface area contributed by atoms with E-state index in [4.69, 9.17) is 4.52 Å². The molecule has 98 valence electrons. The summed E-state index contributed by atoms with van der Waals surface area (Å²) in [6, 6.07) is 4.25. The van der Waals surface area contributed by atoms with Crippen LogP contribution in [0.25, 0.3) is 0 Å². The molecule has 0 aromatic carbocycles. The van der Waals surface area contributed by atoms with E-state index in [9.17, 15) is 0 Å². The van der Waals surface area contributed by atoms with Crippen LogP contribution in [0, 0.1) is 6.92 Å². The maximum atomic E-state index is 4.93. The Morgan fingerprint density at radius 2 is 2.33 bits per heavy atom. The summed E-state index contributed by atoms with van der Waals surface area (Å²) in [4.78, 5) is 4.17. The van der Waals surface area contributed by atoms with Crippen molar-refractivity contribution in [3.63, 3.8) is 0 Å². The fourth-order valence-electron chi connectivity index (χ4n) is 1.93. The van der Waals surface area contributed by atoms with E-state index in [1.807, 2.05) is 6.92 Å². The van der Waals surface area contributed by atoms with Crippen LogP contribution in [0.4, 0.5) is 0 Å². The van der Waals surface area contributed by atoms with Gasteiger partial charge in [-0.25, -0.2) is 0 Å². The summed E-state index contributed by atoms with van der Waals surface area (Å²) in [6.45, 7) is 6.81. The topological polar surface area (TPSA) is 55.9 Å². The van der Waals surface area contributed by atoms with Crippen LogP contribution in [0.1, 0.15) is 30.8 Å². The van der Waals surface area contributed by atoms with Crippen LogP contribution in [0.2, 0.25) is 0 Å². The number of aryl methyl sites for hydroxylation is 2. The van der Waals surface area contributed by atoms with Gasteiger partial charge < -0.3 is 14.4 Å². The van der Waals surface area contributed by atoms with Gasteiger partial charge in [0.15, 0.2) is 5.82 Å². The number of nitrogens with zero attached hydrogens (tertiary/aromatic N) is 3. The number of nitrogens with one attached hydrogen (secondary N) is 1. The molecule has 0 saturated heterocycles. The molecule has 0 radical (unpaired) electrons. The van der Waals surface area contributed by atoms with Gasteiger partial charge in [-0.1, -0.05) is 12.1 Å². The molecule has 2 rings (SSSR count). The van der Waals surface area contributed by atoms with Crippen molar-refractivity contribution >= 4 is 0 Å². The second kappa shape index (κ2) is 6.35. The zero-order chi connectivity index (χ0) is 12.8. The molecule has 2 aromatic rings. The number of hydrogen-bond acceptors (Lipinski definition) is 4. The highest BCUT2D eigenvalue weighted by molar-refractivity contribution is 5.06. The Balaban J connectivity index is 1.73. The van der Waals surface area contributed by atoms with Crippen molar-refractivity contribution in [2.45, 2.75) is 39.8 Å². The van der Waals surface area contributed by atoms with E-state index in [1.54, 1.807) is 0 Å². The molecule has 0 fully saturated rings. The summed E-state index contributed by atoms with van der Waals surface area (Å²) in [6.07, 6.45) is 4.08. The lowest BCUT2D eigenvalue weighted by molar-refractivity contribution is 0.387. The Bertz CT molecular complexity index is 475. The SMILES string of the molecule is CCCn1cccc1CNCCc1noc(C)n1. The summed E-state index contributed by atoms with van der Waals surface area (Å²) in [5.41, 5.74) is 1.32. The molecule has 0 atom stereocenters. The first kappa shape index (κ1) is 12.8. The van der Waals surface area contributed by atoms with Crippen molar-refractivity contribution in [1.29, 1.82) is 0 Å². The van der Waals surface area contributed by atoms with Crippen molar-refractivity contribution in [2.24, 2.45) is 0 Å². The summed E-state index contributed by atoms with van der Waals surface area (Å²) < 4.78 is 7.21. The van der Waals surface area contributed by atoms with Crippen LogP contribution in [-0.2, 0) is 19.5 Å². The van der Waals surface area contributed by atoms with Gasteiger partial charge in [0.1, 0.15) is 0 Å². The highest BCUT2D eigenvalue weighted by Gasteiger charge is 2.02. The van der Waals surface area contributed by atoms with Crippen molar-refractivity contribution in [1.82, 2.24) is 20.0 Å². The first-order chi connectivity index (χ1) is 8.79. The van der Waals surface area contributed by atoms with Gasteiger partial charge in [-0.05, 0) is 18.6 Å². The van der Waals surface area contributed by atoms with Crippen LogP contribution >= 0.6 is 0 Å². The molecule has 18 heavy (non-hydrogen) atoms. The lowest BCUT2D eigenvalue weighted by atomic mass is 10.3. The normalized spacial score (nSPS) is 11.0. The predicted octanol–water partition coefficient (Wildman–Crippen LogP) is 1.92. The molecular weight excluding hydrogens is 228 g/mol. The Morgan fingerprint density at radius 1 is 1.44 bits per heavy atom. The zero-order valence-electron chi connectivity index (χ0n) is 11.0. The second-order valence-electron chi connectivity index (χ2n) is 4.35. The fourth-order valence-corrected chi connectivity index (χ4v) is 1.93. The third-order valence-electron chi connectivity index (χ3n) is 2.79. The second-order valence-corrected chi connectivity index (χ2v) is 4.35. The van der Waals surface area contributed by atoms with Crippen LogP contribution < -0.4 is 5.32 Å². The van der Waals surface area contributed by atoms with Crippen molar-refractivity contribution < 1.29 is 4.52 Å². The molecule has 0 amide bonds. The zero-order valence-corrected chi connectivity index (χ0v) is 11.0. The first-order valence-electron chi connectivity index (χ1n) is 6.43. The Labute approximate surface area is 107 Å². The Kier molecular flexibility index (Phi) is 4.52. The van der Waals surface area contributed by atoms with E-state index in [1.165, 1.54) is 5.69 Å². The highest BCUT2D eigenvalue weighted by Crippen LogP contribution is 2.03. The average molecular weight is 248 g/mol. The van der Waals surface area contributed by atoms with E-state index >= 15 is 0 Å². The van der Waals surface area contributed by atoms with Gasteiger partial charge in [0, 0.05) is 44.9 Å². The molecule has 5 heteroatoms. The maximum absolute atomic E-state index is 4.93. The Morgan fingerprint density at radius 3 is 3.06 bits per heavy atom. The molecule has 0 spiro atoms. The molecule has 0 bridgehead atoms. The van der Waals surface area contributed by atoms with E-state index in [0.29, 0.717) is 5.89 Å². The molecule has 0 aliphatic heterocycles. The molecule has 5 nitrogen and oxygen atoms in total. The molecule has 0 saturated carbocycles. The number of aromatic nitrogens is 3.